The van der Waals surface area contributed by atoms with Gasteiger partial charge in [0.25, 0.3) is 0 Å². The molecule has 0 N–H and O–H groups in total. The maximum absolute atomic E-state index is 15.0. The molecule has 7 aromatic carbocycles. The summed E-state index contributed by atoms with van der Waals surface area (Å²) in [5.41, 5.74) is -3.20. The van der Waals surface area contributed by atoms with Crippen LogP contribution in [0.15, 0.2) is 222 Å². The van der Waals surface area contributed by atoms with Crippen molar-refractivity contribution in [3.63, 3.8) is 0 Å². The molecule has 16 heteroatoms. The zero-order valence-corrected chi connectivity index (χ0v) is 43.7. The molecule has 7 nitrogen and oxygen atoms in total. The van der Waals surface area contributed by atoms with E-state index in [0.29, 0.717) is 55.1 Å². The van der Waals surface area contributed by atoms with Gasteiger partial charge < -0.3 is 0 Å². The Bertz CT molecular complexity index is 2960. The molecule has 7 rings (SSSR count). The molecule has 0 fully saturated rings. The van der Waals surface area contributed by atoms with E-state index in [9.17, 15) is 21.0 Å². The number of hydrogen-bond donors (Lipinski definition) is 0. The van der Waals surface area contributed by atoms with Crippen LogP contribution in [0.25, 0.3) is 0 Å². The molecule has 0 unspecified atom stereocenters. The minimum absolute atomic E-state index is 0.00451. The molecule has 0 aliphatic heterocycles. The summed E-state index contributed by atoms with van der Waals surface area (Å²) >= 11 is 0. The van der Waals surface area contributed by atoms with Crippen molar-refractivity contribution in [3.8, 4) is 30.0 Å². The van der Waals surface area contributed by atoms with Gasteiger partial charge in [-0.05, 0) is 0 Å². The monoisotopic (exact) mass is 1060 g/mol. The van der Waals surface area contributed by atoms with Gasteiger partial charge in [-0.2, -0.15) is 0 Å². The van der Waals surface area contributed by atoms with Crippen molar-refractivity contribution in [1.82, 2.24) is 0 Å². The summed E-state index contributed by atoms with van der Waals surface area (Å²) < 4.78 is 113. The molecule has 0 amide bonds. The van der Waals surface area contributed by atoms with Crippen LogP contribution >= 0.6 is 13.7 Å². The number of alkyl halides is 6. The molecular weight excluding hydrogens is 1010 g/mol. The van der Waals surface area contributed by atoms with Gasteiger partial charge in [-0.1, -0.05) is 0 Å². The molecule has 76 heavy (non-hydrogen) atoms. The van der Waals surface area contributed by atoms with Gasteiger partial charge in [-0.15, -0.1) is 0 Å². The first-order valence-electron chi connectivity index (χ1n) is 24.1. The van der Waals surface area contributed by atoms with Crippen molar-refractivity contribution in [3.05, 3.63) is 234 Å². The van der Waals surface area contributed by atoms with Gasteiger partial charge in [0, 0.05) is 0 Å². The van der Waals surface area contributed by atoms with Gasteiger partial charge in [0.1, 0.15) is 0 Å². The molecule has 0 spiro atoms. The molecule has 0 atom stereocenters. The first kappa shape index (κ1) is 55.9. The van der Waals surface area contributed by atoms with Crippen molar-refractivity contribution in [2.75, 3.05) is 12.3 Å². The number of halogens is 6. The summed E-state index contributed by atoms with van der Waals surface area (Å²) in [4.78, 5) is 0. The fourth-order valence-corrected chi connectivity index (χ4v) is 21.9. The Kier molecular flexibility index (Phi) is 16.6. The average Bonchev–Trinajstić information content (AvgIpc) is 3.50. The molecular formula is C60H51BF6N4O3P2. The summed E-state index contributed by atoms with van der Waals surface area (Å²) in [5, 5.41) is 45.7. The van der Waals surface area contributed by atoms with Gasteiger partial charge in [-0.25, -0.2) is 0 Å². The summed E-state index contributed by atoms with van der Waals surface area (Å²) in [6, 6.07) is 62.3. The SMILES string of the molecule is CC(C)C(CP(OB(Oc1cc(C(F)(F)F)cc(C(F)(F)F)c1)OP(CC(=C(C#N)C#N)C(C)C)(c1ccccc1)(c1ccccc1)c1ccccc1)(c1ccccc1)(c1ccccc1)c1ccccc1)=C(C#N)C#N. The van der Waals surface area contributed by atoms with Crippen LogP contribution in [-0.2, 0) is 21.2 Å². The fraction of sp³-hybridized carbons (Fsp3) is 0.167. The predicted octanol–water partition coefficient (Wildman–Crippen LogP) is 13.0. The first-order chi connectivity index (χ1) is 36.3. The maximum atomic E-state index is 15.0. The van der Waals surface area contributed by atoms with Gasteiger partial charge in [0.05, 0.1) is 0 Å². The third-order valence-electron chi connectivity index (χ3n) is 13.7. The van der Waals surface area contributed by atoms with Gasteiger partial charge in [-0.3, -0.25) is 0 Å². The van der Waals surface area contributed by atoms with Crippen LogP contribution < -0.4 is 36.5 Å². The zero-order chi connectivity index (χ0) is 54.8. The first-order valence-corrected chi connectivity index (χ1v) is 28.7. The molecule has 0 saturated heterocycles. The Morgan fingerprint density at radius 3 is 0.855 bits per heavy atom. The molecule has 384 valence electrons. The molecule has 0 bridgehead atoms. The van der Waals surface area contributed by atoms with E-state index in [4.69, 9.17) is 13.5 Å². The molecule has 0 aromatic heterocycles. The van der Waals surface area contributed by atoms with Crippen LogP contribution in [0.2, 0.25) is 0 Å². The van der Waals surface area contributed by atoms with Gasteiger partial charge >= 0.3 is 442 Å². The van der Waals surface area contributed by atoms with Crippen molar-refractivity contribution < 1.29 is 39.9 Å². The van der Waals surface area contributed by atoms with Crippen LogP contribution in [0.4, 0.5) is 26.3 Å². The predicted molar refractivity (Wildman–Crippen MR) is 291 cm³/mol. The Morgan fingerprint density at radius 2 is 0.658 bits per heavy atom. The Balaban J connectivity index is 1.81. The van der Waals surface area contributed by atoms with Crippen LogP contribution in [0.1, 0.15) is 38.8 Å². The molecule has 0 saturated carbocycles. The van der Waals surface area contributed by atoms with E-state index in [1.807, 2.05) is 0 Å². The summed E-state index contributed by atoms with van der Waals surface area (Å²) in [7, 11) is -2.37. The van der Waals surface area contributed by atoms with E-state index in [2.05, 4.69) is 24.3 Å². The van der Waals surface area contributed by atoms with Crippen molar-refractivity contribution in [2.45, 2.75) is 40.0 Å². The molecule has 7 aromatic rings. The molecule has 0 aliphatic rings. The van der Waals surface area contributed by atoms with Gasteiger partial charge in [0.2, 0.25) is 0 Å². The van der Waals surface area contributed by atoms with E-state index in [1.165, 1.54) is 0 Å². The number of benzene rings is 7. The van der Waals surface area contributed by atoms with Crippen LogP contribution in [0, 0.1) is 57.2 Å². The van der Waals surface area contributed by atoms with Crippen LogP contribution in [0.5, 0.6) is 5.75 Å². The summed E-state index contributed by atoms with van der Waals surface area (Å²) in [5.74, 6) is -2.02. The van der Waals surface area contributed by atoms with E-state index in [1.54, 1.807) is 210 Å². The number of nitriles is 4. The van der Waals surface area contributed by atoms with Crippen LogP contribution in [-0.4, -0.2) is 19.6 Å². The second-order valence-corrected chi connectivity index (χ2v) is 27.7. The standard InChI is InChI=1S/C60H51BF6N4O3P2/c1-44(2)57(46(38-68)39-69)42-75(51-23-11-5-12-24-51,52-25-13-6-14-26-52,53-27-15-7-16-28-53)73-61(72-50-36-48(59(62,63)64)35-49(37-50)60(65,66)67)74-76(54-29-17-8-18-30-54,55-31-19-9-20-32-55,56-33-21-10-22-34-56)43-58(45(3)4)47(40-70)41-71/h5-37,44-45H,42-43H2,1-4H3. The van der Waals surface area contributed by atoms with E-state index in [-0.39, 0.29) is 29.5 Å². The van der Waals surface area contributed by atoms with Crippen LogP contribution in [0.3, 0.4) is 0 Å². The normalized spacial score (nSPS) is 12.8. The van der Waals surface area contributed by atoms with Crippen molar-refractivity contribution in [2.24, 2.45) is 11.8 Å². The second-order valence-electron chi connectivity index (χ2n) is 18.7. The van der Waals surface area contributed by atoms with Crippen molar-refractivity contribution >= 4 is 52.8 Å². The van der Waals surface area contributed by atoms with Gasteiger partial charge in [0.15, 0.2) is 0 Å². The summed E-state index contributed by atoms with van der Waals surface area (Å²) in [6.45, 7) is -3.32. The average molecular weight is 1060 g/mol. The van der Waals surface area contributed by atoms with Crippen molar-refractivity contribution in [1.29, 1.82) is 21.0 Å². The Labute approximate surface area is 439 Å². The second kappa shape index (κ2) is 22.6. The molecule has 0 aliphatic carbocycles. The van der Waals surface area contributed by atoms with E-state index >= 15 is 26.3 Å². The summed E-state index contributed by atoms with van der Waals surface area (Å²) in [6.07, 6.45) is -11.1. The van der Waals surface area contributed by atoms with E-state index in [0.717, 1.165) is 0 Å². The molecule has 0 radical (unpaired) electrons. The quantitative estimate of drug-likeness (QED) is 0.0363. The minimum atomic E-state index is -5.31. The third-order valence-corrected chi connectivity index (χ3v) is 25.2. The fourth-order valence-electron chi connectivity index (χ4n) is 9.98. The zero-order valence-electron chi connectivity index (χ0n) is 41.9. The van der Waals surface area contributed by atoms with E-state index < -0.39 is 62.0 Å². The number of hydrogen-bond acceptors (Lipinski definition) is 7. The number of nitrogens with zero attached hydrogens (tertiary/aromatic N) is 4. The Morgan fingerprint density at radius 1 is 0.421 bits per heavy atom. The number of allylic oxidation sites excluding steroid dienone is 4. The Hall–Kier alpha value is -7.80. The molecule has 0 heterocycles. The number of rotatable bonds is 18. The third kappa shape index (κ3) is 10.4. The topological polar surface area (TPSA) is 123 Å².